The predicted octanol–water partition coefficient (Wildman–Crippen LogP) is 0.581. The molecule has 5 heteroatoms. The summed E-state index contributed by atoms with van der Waals surface area (Å²) in [5.74, 6) is 0.528. The predicted molar refractivity (Wildman–Crippen MR) is 67.5 cm³/mol. The normalized spacial score (nSPS) is 10.1. The van der Waals surface area contributed by atoms with Crippen molar-refractivity contribution in [2.24, 2.45) is 0 Å². The standard InChI is InChI=1S/C13H19NO4/c15-8-10-17-9-4-7-14-13(16)11-18-12-5-2-1-3-6-12/h1-3,5-6,15H,4,7-11H2,(H,14,16). The highest BCUT2D eigenvalue weighted by atomic mass is 16.5. The molecule has 0 radical (unpaired) electrons. The zero-order chi connectivity index (χ0) is 13.1. The third kappa shape index (κ3) is 6.88. The number of aliphatic hydroxyl groups excluding tert-OH is 1. The van der Waals surface area contributed by atoms with Gasteiger partial charge in [0.25, 0.3) is 5.91 Å². The Labute approximate surface area is 107 Å². The van der Waals surface area contributed by atoms with E-state index < -0.39 is 0 Å². The third-order valence-electron chi connectivity index (χ3n) is 2.14. The summed E-state index contributed by atoms with van der Waals surface area (Å²) in [7, 11) is 0. The summed E-state index contributed by atoms with van der Waals surface area (Å²) < 4.78 is 10.3. The van der Waals surface area contributed by atoms with Crippen LogP contribution in [0.1, 0.15) is 6.42 Å². The monoisotopic (exact) mass is 253 g/mol. The number of benzene rings is 1. The largest absolute Gasteiger partial charge is 0.484 e. The zero-order valence-corrected chi connectivity index (χ0v) is 10.3. The van der Waals surface area contributed by atoms with Gasteiger partial charge >= 0.3 is 0 Å². The molecule has 0 unspecified atom stereocenters. The average molecular weight is 253 g/mol. The molecule has 0 aliphatic rings. The summed E-state index contributed by atoms with van der Waals surface area (Å²) >= 11 is 0. The second-order valence-electron chi connectivity index (χ2n) is 3.64. The van der Waals surface area contributed by atoms with E-state index >= 15 is 0 Å². The van der Waals surface area contributed by atoms with Crippen LogP contribution in [0.25, 0.3) is 0 Å². The average Bonchev–Trinajstić information content (AvgIpc) is 2.41. The number of para-hydroxylation sites is 1. The fourth-order valence-electron chi connectivity index (χ4n) is 1.29. The first-order valence-corrected chi connectivity index (χ1v) is 5.96. The molecule has 100 valence electrons. The lowest BCUT2D eigenvalue weighted by Crippen LogP contribution is -2.30. The fourth-order valence-corrected chi connectivity index (χ4v) is 1.29. The molecule has 0 spiro atoms. The quantitative estimate of drug-likeness (QED) is 0.632. The van der Waals surface area contributed by atoms with Crippen molar-refractivity contribution >= 4 is 5.91 Å². The van der Waals surface area contributed by atoms with E-state index in [1.54, 1.807) is 12.1 Å². The SMILES string of the molecule is O=C(COc1ccccc1)NCCCOCCO. The molecule has 0 saturated carbocycles. The highest BCUT2D eigenvalue weighted by Crippen LogP contribution is 2.07. The maximum Gasteiger partial charge on any atom is 0.257 e. The van der Waals surface area contributed by atoms with E-state index in [4.69, 9.17) is 14.6 Å². The number of nitrogens with one attached hydrogen (secondary N) is 1. The summed E-state index contributed by atoms with van der Waals surface area (Å²) in [4.78, 5) is 11.4. The van der Waals surface area contributed by atoms with Crippen molar-refractivity contribution in [3.63, 3.8) is 0 Å². The van der Waals surface area contributed by atoms with Crippen LogP contribution in [0.3, 0.4) is 0 Å². The Hall–Kier alpha value is -1.59. The lowest BCUT2D eigenvalue weighted by molar-refractivity contribution is -0.123. The van der Waals surface area contributed by atoms with Crippen LogP contribution in [0.15, 0.2) is 30.3 Å². The summed E-state index contributed by atoms with van der Waals surface area (Å²) in [5, 5.41) is 11.2. The summed E-state index contributed by atoms with van der Waals surface area (Å²) in [6.07, 6.45) is 0.719. The van der Waals surface area contributed by atoms with Gasteiger partial charge in [-0.25, -0.2) is 0 Å². The number of ether oxygens (including phenoxy) is 2. The van der Waals surface area contributed by atoms with Crippen molar-refractivity contribution in [2.45, 2.75) is 6.42 Å². The molecule has 1 aromatic rings. The van der Waals surface area contributed by atoms with Gasteiger partial charge in [0.2, 0.25) is 0 Å². The molecule has 1 amide bonds. The molecule has 0 aliphatic heterocycles. The molecule has 18 heavy (non-hydrogen) atoms. The molecule has 2 N–H and O–H groups in total. The number of aliphatic hydroxyl groups is 1. The first-order valence-electron chi connectivity index (χ1n) is 5.96. The van der Waals surface area contributed by atoms with Gasteiger partial charge in [0.05, 0.1) is 13.2 Å². The lowest BCUT2D eigenvalue weighted by Gasteiger charge is -2.07. The van der Waals surface area contributed by atoms with Gasteiger partial charge < -0.3 is 19.9 Å². The molecule has 1 aromatic carbocycles. The van der Waals surface area contributed by atoms with Crippen molar-refractivity contribution in [3.8, 4) is 5.75 Å². The van der Waals surface area contributed by atoms with Gasteiger partial charge in [-0.1, -0.05) is 18.2 Å². The third-order valence-corrected chi connectivity index (χ3v) is 2.14. The van der Waals surface area contributed by atoms with Gasteiger partial charge in [0.1, 0.15) is 5.75 Å². The van der Waals surface area contributed by atoms with Crippen LogP contribution in [0.5, 0.6) is 5.75 Å². The van der Waals surface area contributed by atoms with E-state index in [-0.39, 0.29) is 19.1 Å². The smallest absolute Gasteiger partial charge is 0.257 e. The topological polar surface area (TPSA) is 67.8 Å². The van der Waals surface area contributed by atoms with E-state index in [1.165, 1.54) is 0 Å². The number of rotatable bonds is 9. The highest BCUT2D eigenvalue weighted by Gasteiger charge is 2.01. The zero-order valence-electron chi connectivity index (χ0n) is 10.3. The molecule has 0 fully saturated rings. The molecule has 0 heterocycles. The lowest BCUT2D eigenvalue weighted by atomic mass is 10.3. The van der Waals surface area contributed by atoms with Crippen LogP contribution in [-0.4, -0.2) is 44.0 Å². The Morgan fingerprint density at radius 1 is 1.22 bits per heavy atom. The van der Waals surface area contributed by atoms with Crippen LogP contribution >= 0.6 is 0 Å². The Kier molecular flexibility index (Phi) is 7.59. The molecule has 1 rings (SSSR count). The fraction of sp³-hybridized carbons (Fsp3) is 0.462. The van der Waals surface area contributed by atoms with Gasteiger partial charge in [-0.05, 0) is 18.6 Å². The minimum Gasteiger partial charge on any atom is -0.484 e. The summed E-state index contributed by atoms with van der Waals surface area (Å²) in [6, 6.07) is 9.20. The Morgan fingerprint density at radius 2 is 2.00 bits per heavy atom. The number of hydrogen-bond donors (Lipinski definition) is 2. The van der Waals surface area contributed by atoms with Crippen molar-refractivity contribution in [1.29, 1.82) is 0 Å². The minimum absolute atomic E-state index is 0.0154. The molecule has 0 atom stereocenters. The number of hydrogen-bond acceptors (Lipinski definition) is 4. The van der Waals surface area contributed by atoms with E-state index in [0.29, 0.717) is 25.5 Å². The van der Waals surface area contributed by atoms with E-state index in [1.807, 2.05) is 18.2 Å². The van der Waals surface area contributed by atoms with Crippen LogP contribution in [-0.2, 0) is 9.53 Å². The Balaban J connectivity index is 2.01. The minimum atomic E-state index is -0.152. The van der Waals surface area contributed by atoms with E-state index in [0.717, 1.165) is 6.42 Å². The molecule has 0 saturated heterocycles. The van der Waals surface area contributed by atoms with Crippen molar-refractivity contribution in [3.05, 3.63) is 30.3 Å². The van der Waals surface area contributed by atoms with E-state index in [2.05, 4.69) is 5.32 Å². The highest BCUT2D eigenvalue weighted by molar-refractivity contribution is 5.77. The summed E-state index contributed by atoms with van der Waals surface area (Å²) in [6.45, 7) is 1.45. The summed E-state index contributed by atoms with van der Waals surface area (Å²) in [5.41, 5.74) is 0. The van der Waals surface area contributed by atoms with Crippen molar-refractivity contribution in [2.75, 3.05) is 33.0 Å². The van der Waals surface area contributed by atoms with Crippen LogP contribution in [0.4, 0.5) is 0 Å². The Bertz CT molecular complexity index is 329. The van der Waals surface area contributed by atoms with Crippen LogP contribution in [0, 0.1) is 0 Å². The number of carbonyl (C=O) groups is 1. The molecule has 0 aliphatic carbocycles. The molecule has 0 bridgehead atoms. The van der Waals surface area contributed by atoms with Crippen molar-refractivity contribution in [1.82, 2.24) is 5.32 Å². The van der Waals surface area contributed by atoms with Crippen LogP contribution < -0.4 is 10.1 Å². The number of amides is 1. The van der Waals surface area contributed by atoms with E-state index in [9.17, 15) is 4.79 Å². The molecular weight excluding hydrogens is 234 g/mol. The first kappa shape index (κ1) is 14.5. The number of carbonyl (C=O) groups excluding carboxylic acids is 1. The maximum absolute atomic E-state index is 11.4. The van der Waals surface area contributed by atoms with Crippen LogP contribution in [0.2, 0.25) is 0 Å². The van der Waals surface area contributed by atoms with Crippen molar-refractivity contribution < 1.29 is 19.4 Å². The molecule has 0 aromatic heterocycles. The second-order valence-corrected chi connectivity index (χ2v) is 3.64. The Morgan fingerprint density at radius 3 is 2.72 bits per heavy atom. The van der Waals surface area contributed by atoms with Gasteiger partial charge in [-0.3, -0.25) is 4.79 Å². The van der Waals surface area contributed by atoms with Gasteiger partial charge in [0.15, 0.2) is 6.61 Å². The van der Waals surface area contributed by atoms with Gasteiger partial charge in [-0.2, -0.15) is 0 Å². The molecular formula is C13H19NO4. The second kappa shape index (κ2) is 9.44. The first-order chi connectivity index (χ1) is 8.83. The maximum atomic E-state index is 11.4. The van der Waals surface area contributed by atoms with Gasteiger partial charge in [-0.15, -0.1) is 0 Å². The molecule has 5 nitrogen and oxygen atoms in total. The van der Waals surface area contributed by atoms with Gasteiger partial charge in [0, 0.05) is 13.2 Å².